The number of benzene rings is 2. The number of methoxy groups -OCH3 is 1. The van der Waals surface area contributed by atoms with Gasteiger partial charge in [0.25, 0.3) is 0 Å². The Hall–Kier alpha value is -2.09. The summed E-state index contributed by atoms with van der Waals surface area (Å²) in [6.07, 6.45) is 1.64. The van der Waals surface area contributed by atoms with E-state index in [0.717, 1.165) is 12.2 Å². The molecule has 0 aromatic heterocycles. The highest BCUT2D eigenvalue weighted by Gasteiger charge is 2.11. The summed E-state index contributed by atoms with van der Waals surface area (Å²) in [6, 6.07) is 12.6. The summed E-state index contributed by atoms with van der Waals surface area (Å²) < 4.78 is 22.2. The molecule has 0 spiro atoms. The first kappa shape index (κ1) is 21.2. The van der Waals surface area contributed by atoms with Crippen LogP contribution in [0.3, 0.4) is 0 Å². The Morgan fingerprint density at radius 2 is 1.81 bits per heavy atom. The summed E-state index contributed by atoms with van der Waals surface area (Å²) in [5.41, 5.74) is 1.19. The van der Waals surface area contributed by atoms with Gasteiger partial charge >= 0.3 is 0 Å². The number of hydrogen-bond donors (Lipinski definition) is 3. The topological polar surface area (TPSA) is 88.0 Å². The van der Waals surface area contributed by atoms with Gasteiger partial charge in [0.2, 0.25) is 0 Å². The SMILES string of the molecule is COc1ccc(CC(C)NCC(O)COc2ccc(O)c(S(C)=O)c2)cc1. The Morgan fingerprint density at radius 3 is 2.44 bits per heavy atom. The number of ether oxygens (including phenoxy) is 2. The number of aliphatic hydroxyl groups excluding tert-OH is 1. The third-order valence-corrected chi connectivity index (χ3v) is 5.03. The lowest BCUT2D eigenvalue weighted by atomic mass is 10.1. The van der Waals surface area contributed by atoms with Crippen molar-refractivity contribution >= 4 is 10.8 Å². The molecule has 3 N–H and O–H groups in total. The first-order valence-corrected chi connectivity index (χ1v) is 10.3. The van der Waals surface area contributed by atoms with E-state index in [1.807, 2.05) is 24.3 Å². The van der Waals surface area contributed by atoms with Crippen molar-refractivity contribution in [1.82, 2.24) is 5.32 Å². The average molecular weight is 394 g/mol. The van der Waals surface area contributed by atoms with Crippen LogP contribution < -0.4 is 14.8 Å². The Kier molecular flexibility index (Phi) is 8.09. The van der Waals surface area contributed by atoms with Crippen molar-refractivity contribution in [3.8, 4) is 17.2 Å². The van der Waals surface area contributed by atoms with Crippen molar-refractivity contribution in [2.45, 2.75) is 30.4 Å². The van der Waals surface area contributed by atoms with E-state index in [1.165, 1.54) is 24.0 Å². The largest absolute Gasteiger partial charge is 0.507 e. The lowest BCUT2D eigenvalue weighted by Crippen LogP contribution is -2.37. The molecule has 0 fully saturated rings. The molecule has 0 bridgehead atoms. The molecular formula is C20H27NO5S. The molecule has 148 valence electrons. The molecule has 2 rings (SSSR count). The predicted octanol–water partition coefficient (Wildman–Crippen LogP) is 2.10. The fourth-order valence-corrected chi connectivity index (χ4v) is 3.24. The third-order valence-electron chi connectivity index (χ3n) is 4.09. The van der Waals surface area contributed by atoms with Gasteiger partial charge in [0, 0.05) is 18.8 Å². The summed E-state index contributed by atoms with van der Waals surface area (Å²) in [6.45, 7) is 2.55. The van der Waals surface area contributed by atoms with Gasteiger partial charge in [-0.25, -0.2) is 0 Å². The van der Waals surface area contributed by atoms with Gasteiger partial charge in [-0.1, -0.05) is 12.1 Å². The Balaban J connectivity index is 1.76. The number of aliphatic hydroxyl groups is 1. The monoisotopic (exact) mass is 393 g/mol. The molecule has 0 aliphatic carbocycles. The van der Waals surface area contributed by atoms with Gasteiger partial charge in [0.05, 0.1) is 22.8 Å². The molecule has 7 heteroatoms. The lowest BCUT2D eigenvalue weighted by Gasteiger charge is -2.18. The first-order valence-electron chi connectivity index (χ1n) is 8.72. The maximum Gasteiger partial charge on any atom is 0.131 e. The summed E-state index contributed by atoms with van der Waals surface area (Å²) in [7, 11) is 0.333. The van der Waals surface area contributed by atoms with Gasteiger partial charge in [-0.3, -0.25) is 4.21 Å². The number of hydrogen-bond acceptors (Lipinski definition) is 6. The van der Waals surface area contributed by atoms with Crippen molar-refractivity contribution in [2.24, 2.45) is 0 Å². The fourth-order valence-electron chi connectivity index (χ4n) is 2.59. The van der Waals surface area contributed by atoms with Crippen LogP contribution in [0.1, 0.15) is 12.5 Å². The lowest BCUT2D eigenvalue weighted by molar-refractivity contribution is 0.104. The second-order valence-electron chi connectivity index (χ2n) is 6.41. The minimum Gasteiger partial charge on any atom is -0.507 e. The van der Waals surface area contributed by atoms with Crippen LogP contribution in [0.2, 0.25) is 0 Å². The predicted molar refractivity (Wildman–Crippen MR) is 106 cm³/mol. The van der Waals surface area contributed by atoms with E-state index in [2.05, 4.69) is 12.2 Å². The second kappa shape index (κ2) is 10.3. The molecule has 27 heavy (non-hydrogen) atoms. The summed E-state index contributed by atoms with van der Waals surface area (Å²) >= 11 is 0. The molecule has 0 radical (unpaired) electrons. The molecule has 0 amide bonds. The maximum atomic E-state index is 11.5. The summed E-state index contributed by atoms with van der Waals surface area (Å²) in [5.74, 6) is 1.26. The normalized spacial score (nSPS) is 14.4. The fraction of sp³-hybridized carbons (Fsp3) is 0.400. The van der Waals surface area contributed by atoms with Gasteiger partial charge in [0.15, 0.2) is 0 Å². The molecule has 3 unspecified atom stereocenters. The van der Waals surface area contributed by atoms with Gasteiger partial charge < -0.3 is 25.0 Å². The molecule has 6 nitrogen and oxygen atoms in total. The van der Waals surface area contributed by atoms with Crippen LogP contribution in [-0.2, 0) is 17.2 Å². The number of phenols is 1. The molecule has 2 aromatic carbocycles. The Labute approximate surface area is 162 Å². The Morgan fingerprint density at radius 1 is 1.15 bits per heavy atom. The molecule has 3 atom stereocenters. The Bertz CT molecular complexity index is 751. The zero-order valence-electron chi connectivity index (χ0n) is 15.8. The van der Waals surface area contributed by atoms with E-state index < -0.39 is 16.9 Å². The van der Waals surface area contributed by atoms with Crippen LogP contribution in [0.5, 0.6) is 17.2 Å². The molecule has 0 saturated heterocycles. The molecule has 2 aromatic rings. The van der Waals surface area contributed by atoms with E-state index in [9.17, 15) is 14.4 Å². The highest BCUT2D eigenvalue weighted by molar-refractivity contribution is 7.84. The van der Waals surface area contributed by atoms with Crippen molar-refractivity contribution in [3.63, 3.8) is 0 Å². The third kappa shape index (κ3) is 6.86. The van der Waals surface area contributed by atoms with Crippen molar-refractivity contribution in [2.75, 3.05) is 26.5 Å². The molecule has 0 saturated carbocycles. The zero-order valence-corrected chi connectivity index (χ0v) is 16.7. The van der Waals surface area contributed by atoms with Crippen LogP contribution in [0.15, 0.2) is 47.4 Å². The van der Waals surface area contributed by atoms with Crippen LogP contribution in [0.4, 0.5) is 0 Å². The smallest absolute Gasteiger partial charge is 0.131 e. The van der Waals surface area contributed by atoms with Crippen molar-refractivity contribution < 1.29 is 23.9 Å². The minimum absolute atomic E-state index is 0.0299. The molecule has 0 aliphatic rings. The standard InChI is InChI=1S/C20H27NO5S/c1-14(10-15-4-6-17(25-2)7-5-15)21-12-16(22)13-26-18-8-9-19(23)20(11-18)27(3)24/h4-9,11,14,16,21-23H,10,12-13H2,1-3H3. The van der Waals surface area contributed by atoms with Gasteiger partial charge in [-0.2, -0.15) is 0 Å². The van der Waals surface area contributed by atoms with Crippen LogP contribution >= 0.6 is 0 Å². The summed E-state index contributed by atoms with van der Waals surface area (Å²) in [4.78, 5) is 0.313. The maximum absolute atomic E-state index is 11.5. The van der Waals surface area contributed by atoms with E-state index in [0.29, 0.717) is 17.2 Å². The van der Waals surface area contributed by atoms with E-state index >= 15 is 0 Å². The molecular weight excluding hydrogens is 366 g/mol. The van der Waals surface area contributed by atoms with Gasteiger partial charge in [-0.05, 0) is 49.2 Å². The molecule has 0 heterocycles. The number of aromatic hydroxyl groups is 1. The number of rotatable bonds is 10. The highest BCUT2D eigenvalue weighted by atomic mass is 32.2. The van der Waals surface area contributed by atoms with Crippen LogP contribution in [0, 0.1) is 0 Å². The minimum atomic E-state index is -1.31. The molecule has 0 aliphatic heterocycles. The van der Waals surface area contributed by atoms with E-state index in [4.69, 9.17) is 9.47 Å². The average Bonchev–Trinajstić information content (AvgIpc) is 2.66. The van der Waals surface area contributed by atoms with Gasteiger partial charge in [0.1, 0.15) is 30.0 Å². The van der Waals surface area contributed by atoms with Gasteiger partial charge in [-0.15, -0.1) is 0 Å². The highest BCUT2D eigenvalue weighted by Crippen LogP contribution is 2.25. The number of phenolic OH excluding ortho intramolecular Hbond substituents is 1. The van der Waals surface area contributed by atoms with Crippen molar-refractivity contribution in [3.05, 3.63) is 48.0 Å². The second-order valence-corrected chi connectivity index (χ2v) is 7.76. The zero-order chi connectivity index (χ0) is 19.8. The summed E-state index contributed by atoms with van der Waals surface area (Å²) in [5, 5.41) is 23.1. The van der Waals surface area contributed by atoms with Crippen LogP contribution in [0.25, 0.3) is 0 Å². The first-order chi connectivity index (χ1) is 12.9. The quantitative estimate of drug-likeness (QED) is 0.573. The van der Waals surface area contributed by atoms with Crippen LogP contribution in [-0.4, -0.2) is 53.1 Å². The van der Waals surface area contributed by atoms with Crippen molar-refractivity contribution in [1.29, 1.82) is 0 Å². The van der Waals surface area contributed by atoms with E-state index in [1.54, 1.807) is 13.2 Å². The van der Waals surface area contributed by atoms with E-state index in [-0.39, 0.29) is 18.4 Å². The number of nitrogens with one attached hydrogen (secondary N) is 1.